The van der Waals surface area contributed by atoms with Gasteiger partial charge in [0.1, 0.15) is 5.75 Å². The molecule has 0 bridgehead atoms. The summed E-state index contributed by atoms with van der Waals surface area (Å²) in [6, 6.07) is 7.45. The molecule has 1 N–H and O–H groups in total. The van der Waals surface area contributed by atoms with E-state index >= 15 is 0 Å². The highest BCUT2D eigenvalue weighted by molar-refractivity contribution is 5.76. The number of ether oxygens (including phenoxy) is 1. The number of benzene rings is 1. The van der Waals surface area contributed by atoms with E-state index < -0.39 is 11.9 Å². The van der Waals surface area contributed by atoms with Gasteiger partial charge in [0.15, 0.2) is 0 Å². The lowest BCUT2D eigenvalue weighted by Crippen LogP contribution is -2.17. The molecule has 0 radical (unpaired) electrons. The standard InChI is InChI=1S/C14H18O3/c1-9(2)13(14(15)16)10-3-5-11(6-4-10)17-12-7-8-12/h3-6,9,12-13H,7-8H2,1-2H3,(H,15,16). The van der Waals surface area contributed by atoms with Crippen molar-refractivity contribution in [3.8, 4) is 5.75 Å². The van der Waals surface area contributed by atoms with E-state index in [-0.39, 0.29) is 5.92 Å². The van der Waals surface area contributed by atoms with Crippen molar-refractivity contribution >= 4 is 5.97 Å². The quantitative estimate of drug-likeness (QED) is 0.851. The van der Waals surface area contributed by atoms with Crippen molar-refractivity contribution in [2.75, 3.05) is 0 Å². The molecule has 17 heavy (non-hydrogen) atoms. The second-order valence-corrected chi connectivity index (χ2v) is 4.95. The summed E-state index contributed by atoms with van der Waals surface area (Å²) in [5.74, 6) is -0.285. The lowest BCUT2D eigenvalue weighted by atomic mass is 9.88. The third-order valence-electron chi connectivity index (χ3n) is 3.00. The van der Waals surface area contributed by atoms with Crippen LogP contribution in [0.2, 0.25) is 0 Å². The Hall–Kier alpha value is -1.51. The fourth-order valence-corrected chi connectivity index (χ4v) is 1.94. The second-order valence-electron chi connectivity index (χ2n) is 4.95. The van der Waals surface area contributed by atoms with E-state index in [2.05, 4.69) is 0 Å². The smallest absolute Gasteiger partial charge is 0.311 e. The molecule has 1 aromatic rings. The van der Waals surface area contributed by atoms with Gasteiger partial charge in [-0.25, -0.2) is 0 Å². The SMILES string of the molecule is CC(C)C(C(=O)O)c1ccc(OC2CC2)cc1. The van der Waals surface area contributed by atoms with Gasteiger partial charge in [0, 0.05) is 0 Å². The fourth-order valence-electron chi connectivity index (χ4n) is 1.94. The normalized spacial score (nSPS) is 16.9. The molecule has 0 saturated heterocycles. The highest BCUT2D eigenvalue weighted by Crippen LogP contribution is 2.29. The number of carboxylic acids is 1. The first kappa shape index (κ1) is 12.0. The van der Waals surface area contributed by atoms with Crippen molar-refractivity contribution in [3.05, 3.63) is 29.8 Å². The van der Waals surface area contributed by atoms with Gasteiger partial charge < -0.3 is 9.84 Å². The minimum atomic E-state index is -0.768. The topological polar surface area (TPSA) is 46.5 Å². The Morgan fingerprint density at radius 2 is 1.88 bits per heavy atom. The minimum Gasteiger partial charge on any atom is -0.490 e. The summed E-state index contributed by atoms with van der Waals surface area (Å²) in [7, 11) is 0. The Bertz CT molecular complexity index is 390. The molecule has 0 aliphatic heterocycles. The third-order valence-corrected chi connectivity index (χ3v) is 3.00. The van der Waals surface area contributed by atoms with Crippen LogP contribution in [0.5, 0.6) is 5.75 Å². The largest absolute Gasteiger partial charge is 0.490 e. The van der Waals surface area contributed by atoms with Crippen LogP contribution in [0, 0.1) is 5.92 Å². The van der Waals surface area contributed by atoms with E-state index in [4.69, 9.17) is 4.74 Å². The molecule has 0 spiro atoms. The maximum Gasteiger partial charge on any atom is 0.311 e. The Morgan fingerprint density at radius 3 is 2.29 bits per heavy atom. The number of aliphatic carboxylic acids is 1. The zero-order valence-electron chi connectivity index (χ0n) is 10.2. The summed E-state index contributed by atoms with van der Waals surface area (Å²) < 4.78 is 5.63. The second kappa shape index (κ2) is 4.78. The Morgan fingerprint density at radius 1 is 1.29 bits per heavy atom. The average molecular weight is 234 g/mol. The van der Waals surface area contributed by atoms with Crippen LogP contribution in [-0.4, -0.2) is 17.2 Å². The van der Waals surface area contributed by atoms with Crippen LogP contribution in [0.25, 0.3) is 0 Å². The van der Waals surface area contributed by atoms with Gasteiger partial charge in [-0.1, -0.05) is 26.0 Å². The van der Waals surface area contributed by atoms with Crippen LogP contribution in [-0.2, 0) is 4.79 Å². The van der Waals surface area contributed by atoms with Crippen LogP contribution < -0.4 is 4.74 Å². The number of carboxylic acid groups (broad SMARTS) is 1. The van der Waals surface area contributed by atoms with Crippen LogP contribution in [0.4, 0.5) is 0 Å². The zero-order valence-corrected chi connectivity index (χ0v) is 10.2. The molecule has 0 aromatic heterocycles. The third kappa shape index (κ3) is 2.99. The average Bonchev–Trinajstić information content (AvgIpc) is 3.03. The first-order valence-electron chi connectivity index (χ1n) is 6.07. The van der Waals surface area contributed by atoms with E-state index in [1.54, 1.807) is 0 Å². The van der Waals surface area contributed by atoms with E-state index in [1.165, 1.54) is 0 Å². The van der Waals surface area contributed by atoms with Gasteiger partial charge in [0.25, 0.3) is 0 Å². The van der Waals surface area contributed by atoms with Gasteiger partial charge in [0.05, 0.1) is 12.0 Å². The van der Waals surface area contributed by atoms with E-state index in [0.29, 0.717) is 6.10 Å². The number of rotatable bonds is 5. The molecule has 0 amide bonds. The molecule has 0 heterocycles. The van der Waals surface area contributed by atoms with Crippen LogP contribution in [0.1, 0.15) is 38.2 Å². The molecule has 92 valence electrons. The highest BCUT2D eigenvalue weighted by Gasteiger charge is 2.25. The maximum absolute atomic E-state index is 11.2. The molecular formula is C14H18O3. The van der Waals surface area contributed by atoms with Crippen molar-refractivity contribution in [2.24, 2.45) is 5.92 Å². The van der Waals surface area contributed by atoms with Gasteiger partial charge in [0.2, 0.25) is 0 Å². The molecular weight excluding hydrogens is 216 g/mol. The Kier molecular flexibility index (Phi) is 3.36. The van der Waals surface area contributed by atoms with Crippen molar-refractivity contribution in [2.45, 2.75) is 38.7 Å². The first-order chi connectivity index (χ1) is 8.08. The van der Waals surface area contributed by atoms with Crippen LogP contribution in [0.3, 0.4) is 0 Å². The van der Waals surface area contributed by atoms with Crippen molar-refractivity contribution in [1.82, 2.24) is 0 Å². The van der Waals surface area contributed by atoms with Crippen molar-refractivity contribution in [3.63, 3.8) is 0 Å². The van der Waals surface area contributed by atoms with Crippen LogP contribution in [0.15, 0.2) is 24.3 Å². The van der Waals surface area contributed by atoms with E-state index in [9.17, 15) is 9.90 Å². The summed E-state index contributed by atoms with van der Waals surface area (Å²) in [4.78, 5) is 11.2. The van der Waals surface area contributed by atoms with Gasteiger partial charge in [-0.2, -0.15) is 0 Å². The van der Waals surface area contributed by atoms with E-state index in [0.717, 1.165) is 24.2 Å². The minimum absolute atomic E-state index is 0.0858. The maximum atomic E-state index is 11.2. The highest BCUT2D eigenvalue weighted by atomic mass is 16.5. The predicted molar refractivity (Wildman–Crippen MR) is 65.3 cm³/mol. The summed E-state index contributed by atoms with van der Waals surface area (Å²) in [6.07, 6.45) is 2.64. The van der Waals surface area contributed by atoms with Gasteiger partial charge >= 0.3 is 5.97 Å². The molecule has 1 aromatic carbocycles. The summed E-state index contributed by atoms with van der Waals surface area (Å²) in [6.45, 7) is 3.85. The molecule has 1 atom stereocenters. The molecule has 1 aliphatic carbocycles. The number of hydrogen-bond donors (Lipinski definition) is 1. The molecule has 1 fully saturated rings. The summed E-state index contributed by atoms with van der Waals surface area (Å²) in [5, 5.41) is 9.19. The predicted octanol–water partition coefficient (Wildman–Crippen LogP) is 3.05. The van der Waals surface area contributed by atoms with Crippen molar-refractivity contribution in [1.29, 1.82) is 0 Å². The number of hydrogen-bond acceptors (Lipinski definition) is 2. The first-order valence-corrected chi connectivity index (χ1v) is 6.07. The fraction of sp³-hybridized carbons (Fsp3) is 0.500. The zero-order chi connectivity index (χ0) is 12.4. The molecule has 3 nitrogen and oxygen atoms in total. The lowest BCUT2D eigenvalue weighted by Gasteiger charge is -2.16. The molecule has 3 heteroatoms. The monoisotopic (exact) mass is 234 g/mol. The van der Waals surface area contributed by atoms with Crippen molar-refractivity contribution < 1.29 is 14.6 Å². The van der Waals surface area contributed by atoms with Crippen LogP contribution >= 0.6 is 0 Å². The van der Waals surface area contributed by atoms with Gasteiger partial charge in [-0.3, -0.25) is 4.79 Å². The number of carbonyl (C=O) groups is 1. The molecule has 1 aliphatic rings. The van der Waals surface area contributed by atoms with E-state index in [1.807, 2.05) is 38.1 Å². The molecule has 2 rings (SSSR count). The summed E-state index contributed by atoms with van der Waals surface area (Å²) in [5.41, 5.74) is 0.843. The van der Waals surface area contributed by atoms with Gasteiger partial charge in [-0.05, 0) is 36.5 Å². The molecule has 1 unspecified atom stereocenters. The lowest BCUT2D eigenvalue weighted by molar-refractivity contribution is -0.139. The van der Waals surface area contributed by atoms with Gasteiger partial charge in [-0.15, -0.1) is 0 Å². The Labute approximate surface area is 101 Å². The molecule has 1 saturated carbocycles. The Balaban J connectivity index is 2.11. The summed E-state index contributed by atoms with van der Waals surface area (Å²) >= 11 is 0.